The van der Waals surface area contributed by atoms with Gasteiger partial charge >= 0.3 is 5.97 Å². The second-order valence-corrected chi connectivity index (χ2v) is 7.17. The van der Waals surface area contributed by atoms with E-state index in [1.165, 1.54) is 4.90 Å². The lowest BCUT2D eigenvalue weighted by atomic mass is 9.89. The van der Waals surface area contributed by atoms with Crippen LogP contribution in [0.4, 0.5) is 5.95 Å². The molecule has 8 heteroatoms. The minimum atomic E-state index is -1.08. The molecule has 0 spiro atoms. The van der Waals surface area contributed by atoms with Gasteiger partial charge in [0.1, 0.15) is 5.75 Å². The van der Waals surface area contributed by atoms with Gasteiger partial charge in [-0.2, -0.15) is 0 Å². The Balaban J connectivity index is 2.01. The van der Waals surface area contributed by atoms with Crippen LogP contribution in [0, 0.1) is 5.92 Å². The van der Waals surface area contributed by atoms with E-state index < -0.39 is 17.9 Å². The molecule has 0 saturated heterocycles. The lowest BCUT2D eigenvalue weighted by molar-refractivity contribution is -0.153. The fourth-order valence-corrected chi connectivity index (χ4v) is 4.13. The number of para-hydroxylation sites is 3. The highest BCUT2D eigenvalue weighted by atomic mass is 16.5. The molecule has 1 aliphatic rings. The van der Waals surface area contributed by atoms with Crippen molar-refractivity contribution in [3.8, 4) is 5.75 Å². The molecule has 31 heavy (non-hydrogen) atoms. The Morgan fingerprint density at radius 1 is 1.10 bits per heavy atom. The molecule has 8 nitrogen and oxygen atoms in total. The van der Waals surface area contributed by atoms with Crippen molar-refractivity contribution < 1.29 is 23.8 Å². The number of aromatic nitrogens is 2. The lowest BCUT2D eigenvalue weighted by Crippen LogP contribution is -2.51. The molecule has 1 aliphatic heterocycles. The third-order valence-corrected chi connectivity index (χ3v) is 5.46. The van der Waals surface area contributed by atoms with Crippen molar-refractivity contribution in [1.82, 2.24) is 9.55 Å². The number of anilines is 1. The van der Waals surface area contributed by atoms with Gasteiger partial charge < -0.3 is 18.8 Å². The predicted octanol–water partition coefficient (Wildman–Crippen LogP) is 2.81. The van der Waals surface area contributed by atoms with E-state index in [-0.39, 0.29) is 19.1 Å². The van der Waals surface area contributed by atoms with E-state index in [1.807, 2.05) is 53.1 Å². The monoisotopic (exact) mass is 423 g/mol. The van der Waals surface area contributed by atoms with E-state index in [9.17, 15) is 9.59 Å². The number of rotatable bonds is 7. The fourth-order valence-electron chi connectivity index (χ4n) is 4.13. The molecule has 0 aliphatic carbocycles. The van der Waals surface area contributed by atoms with Crippen molar-refractivity contribution in [2.24, 2.45) is 5.92 Å². The molecule has 2 atom stereocenters. The minimum Gasteiger partial charge on any atom is -0.496 e. The van der Waals surface area contributed by atoms with E-state index in [4.69, 9.17) is 19.2 Å². The summed E-state index contributed by atoms with van der Waals surface area (Å²) in [6.07, 6.45) is 0. The van der Waals surface area contributed by atoms with Crippen LogP contribution in [0.3, 0.4) is 0 Å². The molecule has 0 unspecified atom stereocenters. The molecular formula is C23H25N3O5. The summed E-state index contributed by atoms with van der Waals surface area (Å²) in [7, 11) is 3.14. The summed E-state index contributed by atoms with van der Waals surface area (Å²) in [5, 5.41) is 0. The van der Waals surface area contributed by atoms with Gasteiger partial charge in [-0.25, -0.2) is 4.98 Å². The third-order valence-electron chi connectivity index (χ3n) is 5.46. The number of carbonyl (C=O) groups is 2. The number of imidazole rings is 1. The van der Waals surface area contributed by atoms with E-state index in [0.717, 1.165) is 11.0 Å². The van der Waals surface area contributed by atoms with Crippen LogP contribution < -0.4 is 9.64 Å². The zero-order chi connectivity index (χ0) is 22.0. The minimum absolute atomic E-state index is 0.177. The van der Waals surface area contributed by atoms with Gasteiger partial charge in [-0.15, -0.1) is 0 Å². The Morgan fingerprint density at radius 2 is 1.84 bits per heavy atom. The van der Waals surface area contributed by atoms with Gasteiger partial charge in [-0.05, 0) is 25.1 Å². The molecule has 162 valence electrons. The number of methoxy groups -OCH3 is 2. The number of fused-ring (bicyclic) bond motifs is 3. The molecule has 1 aromatic heterocycles. The zero-order valence-electron chi connectivity index (χ0n) is 17.8. The van der Waals surface area contributed by atoms with Gasteiger partial charge in [-0.1, -0.05) is 30.3 Å². The lowest BCUT2D eigenvalue weighted by Gasteiger charge is -2.38. The SMILES string of the molecule is CCOC(=O)[C@@H]1C(=O)N(CCOC)c2nc3ccccc3n2[C@H]1c1ccccc1OC. The van der Waals surface area contributed by atoms with Crippen molar-refractivity contribution in [1.29, 1.82) is 0 Å². The van der Waals surface area contributed by atoms with Crippen molar-refractivity contribution in [2.75, 3.05) is 38.9 Å². The highest BCUT2D eigenvalue weighted by molar-refractivity contribution is 6.08. The first-order chi connectivity index (χ1) is 15.1. The predicted molar refractivity (Wildman–Crippen MR) is 115 cm³/mol. The van der Waals surface area contributed by atoms with E-state index >= 15 is 0 Å². The topological polar surface area (TPSA) is 82.9 Å². The number of amides is 1. The molecule has 2 heterocycles. The maximum atomic E-state index is 13.6. The summed E-state index contributed by atoms with van der Waals surface area (Å²) in [5.41, 5.74) is 2.27. The standard InChI is InChI=1S/C23H25N3O5/c1-4-31-22(28)19-20(15-9-5-8-12-18(15)30-3)26-17-11-7-6-10-16(17)24-23(26)25(21(19)27)13-14-29-2/h5-12,19-20H,4,13-14H2,1-3H3/t19-,20-/m0/s1. The van der Waals surface area contributed by atoms with Crippen LogP contribution in [0.25, 0.3) is 11.0 Å². The highest BCUT2D eigenvalue weighted by Gasteiger charge is 2.48. The first-order valence-corrected chi connectivity index (χ1v) is 10.2. The van der Waals surface area contributed by atoms with E-state index in [2.05, 4.69) is 0 Å². The number of benzene rings is 2. The Bertz CT molecular complexity index is 1110. The van der Waals surface area contributed by atoms with Gasteiger partial charge in [0.05, 0.1) is 43.9 Å². The van der Waals surface area contributed by atoms with Crippen LogP contribution in [0.1, 0.15) is 18.5 Å². The van der Waals surface area contributed by atoms with Crippen LogP contribution in [0.5, 0.6) is 5.75 Å². The second-order valence-electron chi connectivity index (χ2n) is 7.17. The molecule has 0 saturated carbocycles. The van der Waals surface area contributed by atoms with Crippen molar-refractivity contribution in [2.45, 2.75) is 13.0 Å². The van der Waals surface area contributed by atoms with Gasteiger partial charge in [0.2, 0.25) is 11.9 Å². The maximum Gasteiger partial charge on any atom is 0.321 e. The number of hydrogen-bond donors (Lipinski definition) is 0. The van der Waals surface area contributed by atoms with Gasteiger partial charge in [-0.3, -0.25) is 14.5 Å². The van der Waals surface area contributed by atoms with E-state index in [0.29, 0.717) is 23.9 Å². The summed E-state index contributed by atoms with van der Waals surface area (Å²) < 4.78 is 18.1. The molecule has 0 N–H and O–H groups in total. The first-order valence-electron chi connectivity index (χ1n) is 10.2. The summed E-state index contributed by atoms with van der Waals surface area (Å²) in [4.78, 5) is 33.0. The molecular weight excluding hydrogens is 398 g/mol. The Hall–Kier alpha value is -3.39. The highest BCUT2D eigenvalue weighted by Crippen LogP contribution is 2.43. The fraction of sp³-hybridized carbons (Fsp3) is 0.348. The van der Waals surface area contributed by atoms with E-state index in [1.54, 1.807) is 21.1 Å². The Morgan fingerprint density at radius 3 is 2.58 bits per heavy atom. The van der Waals surface area contributed by atoms with Crippen molar-refractivity contribution in [3.05, 3.63) is 54.1 Å². The summed E-state index contributed by atoms with van der Waals surface area (Å²) in [5.74, 6) is -0.968. The number of hydrogen-bond acceptors (Lipinski definition) is 6. The van der Waals surface area contributed by atoms with Crippen LogP contribution in [-0.4, -0.2) is 55.4 Å². The second kappa shape index (κ2) is 8.77. The first kappa shape index (κ1) is 20.9. The van der Waals surface area contributed by atoms with Crippen LogP contribution in [0.15, 0.2) is 48.5 Å². The van der Waals surface area contributed by atoms with Crippen LogP contribution in [-0.2, 0) is 19.1 Å². The van der Waals surface area contributed by atoms with Crippen molar-refractivity contribution >= 4 is 28.9 Å². The molecule has 0 radical (unpaired) electrons. The molecule has 4 rings (SSSR count). The summed E-state index contributed by atoms with van der Waals surface area (Å²) in [6.45, 7) is 2.48. The average molecular weight is 423 g/mol. The number of esters is 1. The number of ether oxygens (including phenoxy) is 3. The smallest absolute Gasteiger partial charge is 0.321 e. The quantitative estimate of drug-likeness (QED) is 0.429. The molecule has 0 bridgehead atoms. The number of nitrogens with zero attached hydrogens (tertiary/aromatic N) is 3. The van der Waals surface area contributed by atoms with Gasteiger partial charge in [0.25, 0.3) is 0 Å². The number of carbonyl (C=O) groups excluding carboxylic acids is 2. The Labute approximate surface area is 180 Å². The average Bonchev–Trinajstić information content (AvgIpc) is 3.17. The molecule has 3 aromatic rings. The van der Waals surface area contributed by atoms with Crippen LogP contribution in [0.2, 0.25) is 0 Å². The third kappa shape index (κ3) is 3.53. The zero-order valence-corrected chi connectivity index (χ0v) is 17.8. The molecule has 1 amide bonds. The maximum absolute atomic E-state index is 13.6. The van der Waals surface area contributed by atoms with Crippen LogP contribution >= 0.6 is 0 Å². The Kier molecular flexibility index (Phi) is 5.90. The molecule has 2 aromatic carbocycles. The van der Waals surface area contributed by atoms with Gasteiger partial charge in [0, 0.05) is 12.7 Å². The van der Waals surface area contributed by atoms with Gasteiger partial charge in [0.15, 0.2) is 5.92 Å². The normalized spacial score (nSPS) is 18.2. The molecule has 0 fully saturated rings. The largest absolute Gasteiger partial charge is 0.496 e. The summed E-state index contributed by atoms with van der Waals surface area (Å²) in [6, 6.07) is 14.4. The summed E-state index contributed by atoms with van der Waals surface area (Å²) >= 11 is 0. The van der Waals surface area contributed by atoms with Crippen molar-refractivity contribution in [3.63, 3.8) is 0 Å².